The highest BCUT2D eigenvalue weighted by atomic mass is 32.2. The Morgan fingerprint density at radius 3 is 2.90 bits per heavy atom. The smallest absolute Gasteiger partial charge is 0.166 e. The van der Waals surface area contributed by atoms with Gasteiger partial charge in [0.05, 0.1) is 11.6 Å². The molecule has 100 valence electrons. The summed E-state index contributed by atoms with van der Waals surface area (Å²) in [5.74, 6) is -0.273. The molecule has 1 heterocycles. The Balaban J connectivity index is 1.63. The van der Waals surface area contributed by atoms with Crippen LogP contribution in [0.25, 0.3) is 0 Å². The Morgan fingerprint density at radius 1 is 1.30 bits per heavy atom. The minimum absolute atomic E-state index is 0.209. The van der Waals surface area contributed by atoms with Crippen molar-refractivity contribution in [2.75, 3.05) is 6.61 Å². The Hall–Kier alpha value is -1.99. The standard InChI is InChI=1S/C16H12FNOS/c17-14-7-11(9-18)5-6-15(14)19-10-13-8-12-3-1-2-4-16(12)20-13/h1-7,13H,8,10H2. The lowest BCUT2D eigenvalue weighted by Crippen LogP contribution is -2.14. The van der Waals surface area contributed by atoms with E-state index in [9.17, 15) is 4.39 Å². The summed E-state index contributed by atoms with van der Waals surface area (Å²) in [6, 6.07) is 14.5. The van der Waals surface area contributed by atoms with Gasteiger partial charge in [-0.15, -0.1) is 11.8 Å². The third kappa shape index (κ3) is 2.63. The summed E-state index contributed by atoms with van der Waals surface area (Å²) in [6.07, 6.45) is 0.943. The molecule has 0 bridgehead atoms. The number of thioether (sulfide) groups is 1. The van der Waals surface area contributed by atoms with Gasteiger partial charge in [-0.25, -0.2) is 4.39 Å². The van der Waals surface area contributed by atoms with Crippen molar-refractivity contribution < 1.29 is 9.13 Å². The van der Waals surface area contributed by atoms with Crippen LogP contribution in [-0.4, -0.2) is 11.9 Å². The summed E-state index contributed by atoms with van der Waals surface area (Å²) >= 11 is 1.77. The molecular weight excluding hydrogens is 273 g/mol. The highest BCUT2D eigenvalue weighted by Gasteiger charge is 2.22. The van der Waals surface area contributed by atoms with Crippen molar-refractivity contribution in [2.45, 2.75) is 16.6 Å². The van der Waals surface area contributed by atoms with Crippen molar-refractivity contribution in [1.29, 1.82) is 5.26 Å². The predicted molar refractivity (Wildman–Crippen MR) is 76.4 cm³/mol. The van der Waals surface area contributed by atoms with Crippen molar-refractivity contribution in [1.82, 2.24) is 0 Å². The first kappa shape index (κ1) is 13.0. The molecule has 1 aliphatic rings. The zero-order valence-corrected chi connectivity index (χ0v) is 11.5. The van der Waals surface area contributed by atoms with Crippen LogP contribution in [0.5, 0.6) is 5.75 Å². The van der Waals surface area contributed by atoms with E-state index >= 15 is 0 Å². The van der Waals surface area contributed by atoms with Gasteiger partial charge in [0.2, 0.25) is 0 Å². The third-order valence-electron chi connectivity index (χ3n) is 3.20. The number of benzene rings is 2. The van der Waals surface area contributed by atoms with Crippen molar-refractivity contribution in [3.63, 3.8) is 0 Å². The van der Waals surface area contributed by atoms with Gasteiger partial charge < -0.3 is 4.74 Å². The number of rotatable bonds is 3. The predicted octanol–water partition coefficient (Wildman–Crippen LogP) is 3.79. The molecule has 0 saturated carbocycles. The molecule has 2 nitrogen and oxygen atoms in total. The molecule has 1 aliphatic heterocycles. The number of halogens is 1. The van der Waals surface area contributed by atoms with Crippen molar-refractivity contribution in [3.05, 3.63) is 59.4 Å². The second-order valence-electron chi connectivity index (χ2n) is 4.62. The Bertz CT molecular complexity index is 655. The maximum Gasteiger partial charge on any atom is 0.166 e. The summed E-state index contributed by atoms with van der Waals surface area (Å²) in [7, 11) is 0. The van der Waals surface area contributed by atoms with Gasteiger partial charge in [-0.05, 0) is 36.2 Å². The first-order valence-electron chi connectivity index (χ1n) is 6.33. The molecule has 0 spiro atoms. The van der Waals surface area contributed by atoms with E-state index in [1.165, 1.54) is 22.6 Å². The maximum atomic E-state index is 13.7. The highest BCUT2D eigenvalue weighted by Crippen LogP contribution is 2.37. The first-order valence-corrected chi connectivity index (χ1v) is 7.21. The fourth-order valence-corrected chi connectivity index (χ4v) is 3.44. The van der Waals surface area contributed by atoms with Gasteiger partial charge in [-0.1, -0.05) is 18.2 Å². The summed E-state index contributed by atoms with van der Waals surface area (Å²) in [6.45, 7) is 0.460. The molecule has 0 aromatic heterocycles. The van der Waals surface area contributed by atoms with Gasteiger partial charge in [0.1, 0.15) is 6.61 Å². The van der Waals surface area contributed by atoms with Crippen LogP contribution >= 0.6 is 11.8 Å². The minimum atomic E-state index is -0.482. The third-order valence-corrected chi connectivity index (χ3v) is 4.49. The lowest BCUT2D eigenvalue weighted by Gasteiger charge is -2.11. The van der Waals surface area contributed by atoms with Crippen LogP contribution in [0.4, 0.5) is 4.39 Å². The van der Waals surface area contributed by atoms with E-state index < -0.39 is 5.82 Å². The fraction of sp³-hybridized carbons (Fsp3) is 0.188. The summed E-state index contributed by atoms with van der Waals surface area (Å²) in [5.41, 5.74) is 1.63. The van der Waals surface area contributed by atoms with Crippen LogP contribution in [0.15, 0.2) is 47.4 Å². The van der Waals surface area contributed by atoms with Gasteiger partial charge in [0.25, 0.3) is 0 Å². The van der Waals surface area contributed by atoms with E-state index in [2.05, 4.69) is 12.1 Å². The molecular formula is C16H12FNOS. The first-order chi connectivity index (χ1) is 9.76. The van der Waals surface area contributed by atoms with E-state index in [1.807, 2.05) is 18.2 Å². The van der Waals surface area contributed by atoms with Crippen LogP contribution < -0.4 is 4.74 Å². The number of fused-ring (bicyclic) bond motifs is 1. The van der Waals surface area contributed by atoms with E-state index in [4.69, 9.17) is 10.00 Å². The van der Waals surface area contributed by atoms with E-state index in [-0.39, 0.29) is 5.75 Å². The molecule has 0 radical (unpaired) electrons. The number of nitriles is 1. The van der Waals surface area contributed by atoms with Crippen molar-refractivity contribution >= 4 is 11.8 Å². The molecule has 0 N–H and O–H groups in total. The fourth-order valence-electron chi connectivity index (χ4n) is 2.22. The van der Waals surface area contributed by atoms with Gasteiger partial charge in [-0.2, -0.15) is 5.26 Å². The Labute approximate surface area is 121 Å². The van der Waals surface area contributed by atoms with Crippen LogP contribution in [0.2, 0.25) is 0 Å². The van der Waals surface area contributed by atoms with Crippen LogP contribution in [-0.2, 0) is 6.42 Å². The number of nitrogens with zero attached hydrogens (tertiary/aromatic N) is 1. The normalized spacial score (nSPS) is 16.5. The number of ether oxygens (including phenoxy) is 1. The largest absolute Gasteiger partial charge is 0.489 e. The second kappa shape index (κ2) is 5.56. The summed E-state index contributed by atoms with van der Waals surface area (Å²) < 4.78 is 19.2. The molecule has 4 heteroatoms. The second-order valence-corrected chi connectivity index (χ2v) is 5.96. The molecule has 1 atom stereocenters. The van der Waals surface area contributed by atoms with E-state index in [0.717, 1.165) is 6.42 Å². The minimum Gasteiger partial charge on any atom is -0.489 e. The number of hydrogen-bond acceptors (Lipinski definition) is 3. The lowest BCUT2D eigenvalue weighted by molar-refractivity contribution is 0.301. The summed E-state index contributed by atoms with van der Waals surface area (Å²) in [4.78, 5) is 1.28. The molecule has 1 unspecified atom stereocenters. The average molecular weight is 285 g/mol. The zero-order valence-electron chi connectivity index (χ0n) is 10.7. The van der Waals surface area contributed by atoms with E-state index in [1.54, 1.807) is 17.8 Å². The maximum absolute atomic E-state index is 13.7. The molecule has 0 saturated heterocycles. The molecule has 0 amide bonds. The van der Waals surface area contributed by atoms with Gasteiger partial charge in [0.15, 0.2) is 11.6 Å². The van der Waals surface area contributed by atoms with Crippen LogP contribution in [0.3, 0.4) is 0 Å². The van der Waals surface area contributed by atoms with Gasteiger partial charge in [-0.3, -0.25) is 0 Å². The molecule has 0 fully saturated rings. The van der Waals surface area contributed by atoms with Crippen molar-refractivity contribution in [2.24, 2.45) is 0 Å². The molecule has 20 heavy (non-hydrogen) atoms. The molecule has 2 aromatic rings. The molecule has 0 aliphatic carbocycles. The number of hydrogen-bond donors (Lipinski definition) is 0. The topological polar surface area (TPSA) is 33.0 Å². The highest BCUT2D eigenvalue weighted by molar-refractivity contribution is 8.00. The summed E-state index contributed by atoms with van der Waals surface area (Å²) in [5, 5.41) is 9.00. The molecule has 2 aromatic carbocycles. The van der Waals surface area contributed by atoms with Crippen LogP contribution in [0, 0.1) is 17.1 Å². The monoisotopic (exact) mass is 285 g/mol. The quantitative estimate of drug-likeness (QED) is 0.860. The SMILES string of the molecule is N#Cc1ccc(OCC2Cc3ccccc3S2)c(F)c1. The van der Waals surface area contributed by atoms with E-state index in [0.29, 0.717) is 17.4 Å². The average Bonchev–Trinajstić information content (AvgIpc) is 2.88. The Morgan fingerprint density at radius 2 is 2.15 bits per heavy atom. The van der Waals surface area contributed by atoms with Gasteiger partial charge >= 0.3 is 0 Å². The van der Waals surface area contributed by atoms with Gasteiger partial charge in [0, 0.05) is 10.1 Å². The zero-order chi connectivity index (χ0) is 13.9. The lowest BCUT2D eigenvalue weighted by atomic mass is 10.1. The Kier molecular flexibility index (Phi) is 3.62. The van der Waals surface area contributed by atoms with Crippen molar-refractivity contribution in [3.8, 4) is 11.8 Å². The van der Waals surface area contributed by atoms with Crippen LogP contribution in [0.1, 0.15) is 11.1 Å². The molecule has 3 rings (SSSR count).